The molecule has 0 radical (unpaired) electrons. The van der Waals surface area contributed by atoms with E-state index in [1.807, 2.05) is 0 Å². The summed E-state index contributed by atoms with van der Waals surface area (Å²) in [6.07, 6.45) is 0. The van der Waals surface area contributed by atoms with Gasteiger partial charge >= 0.3 is 0 Å². The summed E-state index contributed by atoms with van der Waals surface area (Å²) in [5.74, 6) is 4.92. The molecule has 0 spiro atoms. The van der Waals surface area contributed by atoms with E-state index < -0.39 is 0 Å². The molecular formula is C10H12Cl2N2O2. The third-order valence-corrected chi connectivity index (χ3v) is 2.48. The zero-order chi connectivity index (χ0) is 12.1. The van der Waals surface area contributed by atoms with Crippen LogP contribution in [0.25, 0.3) is 0 Å². The molecule has 1 rings (SSSR count). The average molecular weight is 263 g/mol. The summed E-state index contributed by atoms with van der Waals surface area (Å²) in [7, 11) is 1.46. The highest BCUT2D eigenvalue weighted by atomic mass is 35.5. The third kappa shape index (κ3) is 3.98. The van der Waals surface area contributed by atoms with Gasteiger partial charge in [-0.05, 0) is 17.7 Å². The summed E-state index contributed by atoms with van der Waals surface area (Å²) < 4.78 is 5.16. The monoisotopic (exact) mass is 262 g/mol. The third-order valence-electron chi connectivity index (χ3n) is 1.89. The lowest BCUT2D eigenvalue weighted by atomic mass is 10.2. The molecule has 0 bridgehead atoms. The predicted molar refractivity (Wildman–Crippen MR) is 63.1 cm³/mol. The molecule has 0 saturated heterocycles. The van der Waals surface area contributed by atoms with Gasteiger partial charge in [-0.3, -0.25) is 9.80 Å². The number of ether oxygens (including phenoxy) is 1. The summed E-state index contributed by atoms with van der Waals surface area (Å²) >= 11 is 11.7. The Hall–Kier alpha value is -0.810. The molecule has 4 nitrogen and oxygen atoms in total. The van der Waals surface area contributed by atoms with Gasteiger partial charge in [0.25, 0.3) is 5.91 Å². The van der Waals surface area contributed by atoms with Gasteiger partial charge in [0.1, 0.15) is 6.61 Å². The molecule has 0 aliphatic rings. The number of nitrogens with two attached hydrogens (primary N) is 1. The summed E-state index contributed by atoms with van der Waals surface area (Å²) in [5.41, 5.74) is 0.776. The second kappa shape index (κ2) is 6.06. The molecule has 2 N–H and O–H groups in total. The van der Waals surface area contributed by atoms with Gasteiger partial charge < -0.3 is 4.74 Å². The topological polar surface area (TPSA) is 55.6 Å². The first kappa shape index (κ1) is 13.3. The van der Waals surface area contributed by atoms with E-state index in [0.29, 0.717) is 10.0 Å². The quantitative estimate of drug-likeness (QED) is 0.512. The van der Waals surface area contributed by atoms with Crippen molar-refractivity contribution in [3.8, 4) is 0 Å². The highest BCUT2D eigenvalue weighted by Gasteiger charge is 2.06. The highest BCUT2D eigenvalue weighted by Crippen LogP contribution is 2.21. The Labute approximate surface area is 104 Å². The van der Waals surface area contributed by atoms with Crippen LogP contribution >= 0.6 is 23.2 Å². The molecule has 0 heterocycles. The molecule has 1 amide bonds. The van der Waals surface area contributed by atoms with E-state index in [9.17, 15) is 4.79 Å². The van der Waals surface area contributed by atoms with Crippen LogP contribution in [0.15, 0.2) is 18.2 Å². The molecule has 0 aliphatic heterocycles. The van der Waals surface area contributed by atoms with E-state index >= 15 is 0 Å². The number of carbonyl (C=O) groups is 1. The van der Waals surface area contributed by atoms with Crippen LogP contribution in [-0.2, 0) is 16.1 Å². The average Bonchev–Trinajstić information content (AvgIpc) is 2.20. The van der Waals surface area contributed by atoms with E-state index in [1.165, 1.54) is 7.05 Å². The first-order chi connectivity index (χ1) is 7.50. The van der Waals surface area contributed by atoms with Gasteiger partial charge in [-0.1, -0.05) is 29.3 Å². The number of nitrogens with zero attached hydrogens (tertiary/aromatic N) is 1. The van der Waals surface area contributed by atoms with Gasteiger partial charge in [0.05, 0.1) is 6.61 Å². The Morgan fingerprint density at radius 1 is 1.50 bits per heavy atom. The molecule has 0 saturated carbocycles. The standard InChI is InChI=1S/C10H12Cl2N2O2/c1-14(13)10(15)6-16-5-7-2-3-8(11)4-9(7)12/h2-4H,5-6,13H2,1H3. The maximum absolute atomic E-state index is 11.1. The molecule has 1 aromatic rings. The lowest BCUT2D eigenvalue weighted by Gasteiger charge is -2.10. The van der Waals surface area contributed by atoms with Crippen molar-refractivity contribution in [1.29, 1.82) is 0 Å². The maximum Gasteiger partial charge on any atom is 0.262 e. The fraction of sp³-hybridized carbons (Fsp3) is 0.300. The second-order valence-electron chi connectivity index (χ2n) is 3.23. The lowest BCUT2D eigenvalue weighted by Crippen LogP contribution is -2.35. The van der Waals surface area contributed by atoms with Crippen LogP contribution < -0.4 is 5.84 Å². The van der Waals surface area contributed by atoms with Gasteiger partial charge in [0.2, 0.25) is 0 Å². The minimum absolute atomic E-state index is 0.0774. The fourth-order valence-electron chi connectivity index (χ4n) is 0.989. The van der Waals surface area contributed by atoms with Crippen LogP contribution in [0.3, 0.4) is 0 Å². The van der Waals surface area contributed by atoms with Crippen molar-refractivity contribution in [2.24, 2.45) is 5.84 Å². The largest absolute Gasteiger partial charge is 0.367 e. The number of rotatable bonds is 4. The zero-order valence-electron chi connectivity index (χ0n) is 8.74. The van der Waals surface area contributed by atoms with Crippen LogP contribution in [0.1, 0.15) is 5.56 Å². The smallest absolute Gasteiger partial charge is 0.262 e. The Morgan fingerprint density at radius 3 is 2.75 bits per heavy atom. The number of benzene rings is 1. The summed E-state index contributed by atoms with van der Waals surface area (Å²) in [4.78, 5) is 11.1. The van der Waals surface area contributed by atoms with E-state index in [1.54, 1.807) is 18.2 Å². The number of hydrazine groups is 1. The highest BCUT2D eigenvalue weighted by molar-refractivity contribution is 6.35. The van der Waals surface area contributed by atoms with Crippen molar-refractivity contribution in [3.63, 3.8) is 0 Å². The number of carbonyl (C=O) groups excluding carboxylic acids is 1. The second-order valence-corrected chi connectivity index (χ2v) is 4.08. The van der Waals surface area contributed by atoms with Crippen molar-refractivity contribution in [1.82, 2.24) is 5.01 Å². The Morgan fingerprint density at radius 2 is 2.19 bits per heavy atom. The predicted octanol–water partition coefficient (Wildman–Crippen LogP) is 1.84. The van der Waals surface area contributed by atoms with Crippen molar-refractivity contribution in [2.45, 2.75) is 6.61 Å². The Bertz CT molecular complexity index is 383. The number of hydrogen-bond donors (Lipinski definition) is 1. The molecule has 6 heteroatoms. The molecule has 0 fully saturated rings. The molecule has 1 aromatic carbocycles. The van der Waals surface area contributed by atoms with Crippen LogP contribution in [0.4, 0.5) is 0 Å². The molecular weight excluding hydrogens is 251 g/mol. The zero-order valence-corrected chi connectivity index (χ0v) is 10.3. The Kier molecular flexibility index (Phi) is 5.02. The SMILES string of the molecule is CN(N)C(=O)COCc1ccc(Cl)cc1Cl. The van der Waals surface area contributed by atoms with E-state index in [4.69, 9.17) is 33.8 Å². The summed E-state index contributed by atoms with van der Waals surface area (Å²) in [6, 6.07) is 5.09. The number of hydrogen-bond acceptors (Lipinski definition) is 3. The molecule has 0 aromatic heterocycles. The number of amides is 1. The van der Waals surface area contributed by atoms with Crippen LogP contribution in [0.5, 0.6) is 0 Å². The molecule has 0 unspecified atom stereocenters. The summed E-state index contributed by atoms with van der Waals surface area (Å²) in [5, 5.41) is 2.05. The number of halogens is 2. The summed E-state index contributed by atoms with van der Waals surface area (Å²) in [6.45, 7) is 0.168. The van der Waals surface area contributed by atoms with Crippen molar-refractivity contribution < 1.29 is 9.53 Å². The maximum atomic E-state index is 11.1. The van der Waals surface area contributed by atoms with E-state index in [2.05, 4.69) is 0 Å². The van der Waals surface area contributed by atoms with E-state index in [-0.39, 0.29) is 19.1 Å². The molecule has 0 aliphatic carbocycles. The van der Waals surface area contributed by atoms with E-state index in [0.717, 1.165) is 10.6 Å². The van der Waals surface area contributed by atoms with Crippen molar-refractivity contribution in [2.75, 3.05) is 13.7 Å². The van der Waals surface area contributed by atoms with Crippen molar-refractivity contribution >= 4 is 29.1 Å². The van der Waals surface area contributed by atoms with Crippen LogP contribution in [-0.4, -0.2) is 24.6 Å². The van der Waals surface area contributed by atoms with Gasteiger partial charge in [-0.15, -0.1) is 0 Å². The van der Waals surface area contributed by atoms with Crippen LogP contribution in [0, 0.1) is 0 Å². The number of likely N-dealkylation sites (N-methyl/N-ethyl adjacent to an activating group) is 1. The molecule has 88 valence electrons. The molecule has 0 atom stereocenters. The van der Waals surface area contributed by atoms with Gasteiger partial charge in [0.15, 0.2) is 0 Å². The fourth-order valence-corrected chi connectivity index (χ4v) is 1.45. The minimum atomic E-state index is -0.301. The van der Waals surface area contributed by atoms with Gasteiger partial charge in [-0.25, -0.2) is 5.84 Å². The molecule has 16 heavy (non-hydrogen) atoms. The normalized spacial score (nSPS) is 10.2. The Balaban J connectivity index is 2.46. The van der Waals surface area contributed by atoms with Gasteiger partial charge in [0, 0.05) is 17.1 Å². The first-order valence-corrected chi connectivity index (χ1v) is 5.29. The lowest BCUT2D eigenvalue weighted by molar-refractivity contribution is -0.135. The minimum Gasteiger partial charge on any atom is -0.367 e. The van der Waals surface area contributed by atoms with Crippen LogP contribution in [0.2, 0.25) is 10.0 Å². The van der Waals surface area contributed by atoms with Crippen molar-refractivity contribution in [3.05, 3.63) is 33.8 Å². The van der Waals surface area contributed by atoms with Gasteiger partial charge in [-0.2, -0.15) is 0 Å². The first-order valence-electron chi connectivity index (χ1n) is 4.53.